The molecule has 2 atom stereocenters. The minimum Gasteiger partial charge on any atom is -0.376 e. The van der Waals surface area contributed by atoms with Crippen LogP contribution in [0.3, 0.4) is 0 Å². The van der Waals surface area contributed by atoms with Crippen LogP contribution < -0.4 is 11.3 Å². The fourth-order valence-corrected chi connectivity index (χ4v) is 3.89. The summed E-state index contributed by atoms with van der Waals surface area (Å²) in [6.07, 6.45) is 6.52. The standard InChI is InChI=1S/C22H30N2O2.C2H6/c1-16-7-6-14-24(22(16)25)21(17(2)23)15-26-20-12-10-19(11-13-20)18-8-4-3-5-9-18;1-2/h3-9,14,17,19-21H,10-13,15,23H2,1-2H3;1-2H3. The Hall–Kier alpha value is -1.91. The minimum atomic E-state index is -0.143. The highest BCUT2D eigenvalue weighted by atomic mass is 16.5. The van der Waals surface area contributed by atoms with E-state index in [0.717, 1.165) is 31.2 Å². The maximum Gasteiger partial charge on any atom is 0.253 e. The van der Waals surface area contributed by atoms with Crippen LogP contribution in [-0.2, 0) is 4.74 Å². The van der Waals surface area contributed by atoms with Gasteiger partial charge in [0.1, 0.15) is 0 Å². The van der Waals surface area contributed by atoms with E-state index in [4.69, 9.17) is 10.5 Å². The first-order chi connectivity index (χ1) is 13.6. The molecule has 0 bridgehead atoms. The largest absolute Gasteiger partial charge is 0.376 e. The number of aromatic nitrogens is 1. The lowest BCUT2D eigenvalue weighted by Crippen LogP contribution is -2.39. The molecule has 0 saturated heterocycles. The van der Waals surface area contributed by atoms with E-state index in [1.54, 1.807) is 4.57 Å². The summed E-state index contributed by atoms with van der Waals surface area (Å²) in [4.78, 5) is 12.4. The van der Waals surface area contributed by atoms with Crippen molar-refractivity contribution in [3.05, 3.63) is 70.1 Å². The lowest BCUT2D eigenvalue weighted by molar-refractivity contribution is 0.00325. The predicted octanol–water partition coefficient (Wildman–Crippen LogP) is 4.81. The number of ether oxygens (including phenoxy) is 1. The Balaban J connectivity index is 0.00000136. The maximum absolute atomic E-state index is 12.4. The van der Waals surface area contributed by atoms with E-state index in [9.17, 15) is 4.79 Å². The summed E-state index contributed by atoms with van der Waals surface area (Å²) >= 11 is 0. The Morgan fingerprint density at radius 1 is 1.07 bits per heavy atom. The van der Waals surface area contributed by atoms with Gasteiger partial charge in [0.2, 0.25) is 0 Å². The Morgan fingerprint density at radius 2 is 1.71 bits per heavy atom. The third kappa shape index (κ3) is 5.79. The highest BCUT2D eigenvalue weighted by molar-refractivity contribution is 5.20. The summed E-state index contributed by atoms with van der Waals surface area (Å²) in [6.45, 7) is 8.26. The molecule has 1 saturated carbocycles. The van der Waals surface area contributed by atoms with Crippen LogP contribution in [0.1, 0.15) is 69.5 Å². The van der Waals surface area contributed by atoms with Gasteiger partial charge in [-0.05, 0) is 57.1 Å². The van der Waals surface area contributed by atoms with E-state index in [1.165, 1.54) is 5.56 Å². The lowest BCUT2D eigenvalue weighted by atomic mass is 9.83. The fourth-order valence-electron chi connectivity index (χ4n) is 3.89. The zero-order valence-corrected chi connectivity index (χ0v) is 17.8. The van der Waals surface area contributed by atoms with Gasteiger partial charge in [-0.2, -0.15) is 0 Å². The molecule has 0 amide bonds. The summed E-state index contributed by atoms with van der Waals surface area (Å²) < 4.78 is 7.93. The van der Waals surface area contributed by atoms with Crippen molar-refractivity contribution in [3.8, 4) is 0 Å². The molecule has 2 aromatic rings. The van der Waals surface area contributed by atoms with E-state index in [0.29, 0.717) is 12.5 Å². The van der Waals surface area contributed by atoms with Crippen molar-refractivity contribution in [2.24, 2.45) is 5.73 Å². The second-order valence-corrected chi connectivity index (χ2v) is 7.55. The van der Waals surface area contributed by atoms with Crippen molar-refractivity contribution < 1.29 is 4.74 Å². The molecule has 1 heterocycles. The van der Waals surface area contributed by atoms with Gasteiger partial charge in [0.05, 0.1) is 18.8 Å². The average molecular weight is 385 g/mol. The van der Waals surface area contributed by atoms with Crippen LogP contribution in [0.2, 0.25) is 0 Å². The zero-order valence-electron chi connectivity index (χ0n) is 17.8. The van der Waals surface area contributed by atoms with Crippen LogP contribution in [0.4, 0.5) is 0 Å². The third-order valence-corrected chi connectivity index (χ3v) is 5.58. The van der Waals surface area contributed by atoms with Crippen molar-refractivity contribution >= 4 is 0 Å². The number of nitrogens with two attached hydrogens (primary N) is 1. The molecule has 1 fully saturated rings. The first kappa shape index (κ1) is 22.4. The van der Waals surface area contributed by atoms with E-state index in [2.05, 4.69) is 30.3 Å². The Morgan fingerprint density at radius 3 is 2.32 bits per heavy atom. The topological polar surface area (TPSA) is 57.2 Å². The molecule has 2 N–H and O–H groups in total. The van der Waals surface area contributed by atoms with Crippen molar-refractivity contribution in [2.45, 2.75) is 77.5 Å². The van der Waals surface area contributed by atoms with Gasteiger partial charge >= 0.3 is 0 Å². The van der Waals surface area contributed by atoms with E-state index in [-0.39, 0.29) is 23.7 Å². The summed E-state index contributed by atoms with van der Waals surface area (Å²) in [5.41, 5.74) is 8.35. The number of nitrogens with zero attached hydrogens (tertiary/aromatic N) is 1. The molecule has 154 valence electrons. The predicted molar refractivity (Wildman–Crippen MR) is 117 cm³/mol. The quantitative estimate of drug-likeness (QED) is 0.777. The molecule has 4 heteroatoms. The van der Waals surface area contributed by atoms with Gasteiger partial charge in [-0.25, -0.2) is 0 Å². The van der Waals surface area contributed by atoms with E-state index in [1.807, 2.05) is 46.0 Å². The Labute approximate surface area is 169 Å². The molecule has 0 aliphatic heterocycles. The molecule has 1 aromatic heterocycles. The summed E-state index contributed by atoms with van der Waals surface area (Å²) in [5, 5.41) is 0. The van der Waals surface area contributed by atoms with Gasteiger partial charge in [0.15, 0.2) is 0 Å². The molecule has 1 aromatic carbocycles. The zero-order chi connectivity index (χ0) is 20.5. The Bertz CT molecular complexity index is 747. The Kier molecular flexibility index (Phi) is 8.94. The molecule has 28 heavy (non-hydrogen) atoms. The van der Waals surface area contributed by atoms with Gasteiger partial charge in [0.25, 0.3) is 5.56 Å². The van der Waals surface area contributed by atoms with Gasteiger partial charge < -0.3 is 15.0 Å². The third-order valence-electron chi connectivity index (χ3n) is 5.58. The number of pyridine rings is 1. The van der Waals surface area contributed by atoms with Crippen LogP contribution in [-0.4, -0.2) is 23.3 Å². The van der Waals surface area contributed by atoms with Crippen LogP contribution in [0.15, 0.2) is 53.5 Å². The van der Waals surface area contributed by atoms with E-state index >= 15 is 0 Å². The van der Waals surface area contributed by atoms with Crippen LogP contribution in [0, 0.1) is 6.92 Å². The molecular formula is C24H36N2O2. The monoisotopic (exact) mass is 384 g/mol. The molecule has 1 aliphatic rings. The van der Waals surface area contributed by atoms with Gasteiger partial charge in [-0.15, -0.1) is 0 Å². The van der Waals surface area contributed by atoms with Gasteiger partial charge in [-0.3, -0.25) is 4.79 Å². The normalized spacial score (nSPS) is 21.3. The molecule has 3 rings (SSSR count). The van der Waals surface area contributed by atoms with Crippen molar-refractivity contribution in [2.75, 3.05) is 6.61 Å². The smallest absolute Gasteiger partial charge is 0.253 e. The first-order valence-corrected chi connectivity index (χ1v) is 10.7. The van der Waals surface area contributed by atoms with Crippen LogP contribution in [0.5, 0.6) is 0 Å². The number of aryl methyl sites for hydroxylation is 1. The van der Waals surface area contributed by atoms with Gasteiger partial charge in [-0.1, -0.05) is 50.2 Å². The second-order valence-electron chi connectivity index (χ2n) is 7.55. The molecule has 0 spiro atoms. The first-order valence-electron chi connectivity index (χ1n) is 10.7. The number of benzene rings is 1. The minimum absolute atomic E-state index is 0.0196. The SMILES string of the molecule is CC.Cc1cccn(C(COC2CCC(c3ccccc3)CC2)C(C)N)c1=O. The highest BCUT2D eigenvalue weighted by Crippen LogP contribution is 2.34. The highest BCUT2D eigenvalue weighted by Gasteiger charge is 2.25. The van der Waals surface area contributed by atoms with Crippen LogP contribution >= 0.6 is 0 Å². The lowest BCUT2D eigenvalue weighted by Gasteiger charge is -2.31. The second kappa shape index (κ2) is 11.2. The maximum atomic E-state index is 12.4. The average Bonchev–Trinajstić information content (AvgIpc) is 2.73. The number of hydrogen-bond acceptors (Lipinski definition) is 3. The van der Waals surface area contributed by atoms with E-state index < -0.39 is 0 Å². The van der Waals surface area contributed by atoms with Gasteiger partial charge in [0, 0.05) is 17.8 Å². The summed E-state index contributed by atoms with van der Waals surface area (Å²) in [7, 11) is 0. The molecule has 1 aliphatic carbocycles. The number of hydrogen-bond donors (Lipinski definition) is 1. The molecular weight excluding hydrogens is 348 g/mol. The molecule has 0 radical (unpaired) electrons. The summed E-state index contributed by atoms with van der Waals surface area (Å²) in [5.74, 6) is 0.639. The fraction of sp³-hybridized carbons (Fsp3) is 0.542. The molecule has 2 unspecified atom stereocenters. The summed E-state index contributed by atoms with van der Waals surface area (Å²) in [6, 6.07) is 14.2. The van der Waals surface area contributed by atoms with Crippen molar-refractivity contribution in [3.63, 3.8) is 0 Å². The van der Waals surface area contributed by atoms with Crippen LogP contribution in [0.25, 0.3) is 0 Å². The van der Waals surface area contributed by atoms with Crippen molar-refractivity contribution in [1.29, 1.82) is 0 Å². The molecule has 4 nitrogen and oxygen atoms in total. The number of rotatable bonds is 6. The van der Waals surface area contributed by atoms with Crippen molar-refractivity contribution in [1.82, 2.24) is 4.57 Å².